The first-order chi connectivity index (χ1) is 16.3. The van der Waals surface area contributed by atoms with Crippen LogP contribution in [0.2, 0.25) is 10.0 Å². The van der Waals surface area contributed by atoms with Crippen LogP contribution in [-0.2, 0) is 16.0 Å². The zero-order chi connectivity index (χ0) is 24.8. The molecule has 0 saturated carbocycles. The van der Waals surface area contributed by atoms with Gasteiger partial charge in [0, 0.05) is 10.9 Å². The molecular weight excluding hydrogens is 545 g/mol. The second-order valence-electron chi connectivity index (χ2n) is 7.23. The van der Waals surface area contributed by atoms with Crippen LogP contribution < -0.4 is 14.8 Å². The Morgan fingerprint density at radius 1 is 0.941 bits per heavy atom. The largest absolute Gasteiger partial charge is 0.496 e. The molecule has 0 aliphatic rings. The van der Waals surface area contributed by atoms with Crippen LogP contribution >= 0.6 is 39.1 Å². The average molecular weight is 567 g/mol. The van der Waals surface area contributed by atoms with E-state index in [2.05, 4.69) is 21.2 Å². The predicted octanol–water partition coefficient (Wildman–Crippen LogP) is 5.95. The van der Waals surface area contributed by atoms with Crippen molar-refractivity contribution in [2.45, 2.75) is 12.5 Å². The molecule has 0 heterocycles. The summed E-state index contributed by atoms with van der Waals surface area (Å²) in [7, 11) is 4.46. The lowest BCUT2D eigenvalue weighted by atomic mass is 9.99. The molecule has 178 valence electrons. The molecule has 0 saturated heterocycles. The van der Waals surface area contributed by atoms with E-state index in [4.69, 9.17) is 37.4 Å². The van der Waals surface area contributed by atoms with Gasteiger partial charge in [0.05, 0.1) is 42.5 Å². The molecule has 1 atom stereocenters. The molecule has 0 radical (unpaired) electrons. The van der Waals surface area contributed by atoms with E-state index in [1.807, 2.05) is 42.5 Å². The van der Waals surface area contributed by atoms with Crippen molar-refractivity contribution in [2.24, 2.45) is 0 Å². The summed E-state index contributed by atoms with van der Waals surface area (Å²) in [6.07, 6.45) is 0.202. The van der Waals surface area contributed by atoms with Crippen LogP contribution in [0, 0.1) is 0 Å². The highest BCUT2D eigenvalue weighted by molar-refractivity contribution is 9.10. The average Bonchev–Trinajstić information content (AvgIpc) is 2.82. The number of carbonyl (C=O) groups excluding carboxylic acids is 2. The van der Waals surface area contributed by atoms with E-state index < -0.39 is 17.9 Å². The SMILES string of the molecule is COC(=O)[C@H](Cc1ccc(-c2c(OC)cccc2OC)cc1)NC(=O)c1c(Cl)cc(Br)cc1Cl. The highest BCUT2D eigenvalue weighted by atomic mass is 79.9. The Hall–Kier alpha value is -2.74. The van der Waals surface area contributed by atoms with Gasteiger partial charge < -0.3 is 19.5 Å². The third-order valence-corrected chi connectivity index (χ3v) is 6.19. The van der Waals surface area contributed by atoms with Crippen LogP contribution in [-0.4, -0.2) is 39.2 Å². The third-order valence-electron chi connectivity index (χ3n) is 5.14. The number of hydrogen-bond acceptors (Lipinski definition) is 5. The number of halogens is 3. The Bertz CT molecular complexity index is 1160. The number of hydrogen-bond donors (Lipinski definition) is 1. The standard InChI is InChI=1S/C25H22BrCl2NO5/c1-32-20-5-4-6-21(33-2)22(20)15-9-7-14(8-10-15)11-19(25(31)34-3)29-24(30)23-17(27)12-16(26)13-18(23)28/h4-10,12-13,19H,11H2,1-3H3,(H,29,30)/t19-/m0/s1. The topological polar surface area (TPSA) is 73.9 Å². The van der Waals surface area contributed by atoms with E-state index >= 15 is 0 Å². The molecule has 9 heteroatoms. The zero-order valence-electron chi connectivity index (χ0n) is 18.7. The van der Waals surface area contributed by atoms with Gasteiger partial charge in [0.25, 0.3) is 5.91 Å². The number of ether oxygens (including phenoxy) is 3. The van der Waals surface area contributed by atoms with Gasteiger partial charge in [-0.05, 0) is 35.4 Å². The van der Waals surface area contributed by atoms with Gasteiger partial charge in [-0.2, -0.15) is 0 Å². The van der Waals surface area contributed by atoms with Gasteiger partial charge >= 0.3 is 5.97 Å². The number of esters is 1. The lowest BCUT2D eigenvalue weighted by Crippen LogP contribution is -2.43. The minimum absolute atomic E-state index is 0.0825. The molecular formula is C25H22BrCl2NO5. The fraction of sp³-hybridized carbons (Fsp3) is 0.200. The molecule has 34 heavy (non-hydrogen) atoms. The molecule has 0 bridgehead atoms. The van der Waals surface area contributed by atoms with E-state index in [9.17, 15) is 9.59 Å². The number of amides is 1. The molecule has 0 unspecified atom stereocenters. The van der Waals surface area contributed by atoms with Gasteiger partial charge in [0.2, 0.25) is 0 Å². The van der Waals surface area contributed by atoms with Crippen molar-refractivity contribution in [3.05, 3.63) is 80.2 Å². The van der Waals surface area contributed by atoms with Gasteiger partial charge in [0.15, 0.2) is 0 Å². The quantitative estimate of drug-likeness (QED) is 0.341. The Morgan fingerprint density at radius 2 is 1.50 bits per heavy atom. The summed E-state index contributed by atoms with van der Waals surface area (Å²) < 4.78 is 16.5. The van der Waals surface area contributed by atoms with Crippen molar-refractivity contribution in [1.82, 2.24) is 5.32 Å². The maximum atomic E-state index is 12.9. The fourth-order valence-corrected chi connectivity index (χ4v) is 4.88. The van der Waals surface area contributed by atoms with Crippen molar-refractivity contribution >= 4 is 51.0 Å². The van der Waals surface area contributed by atoms with E-state index in [1.54, 1.807) is 26.4 Å². The number of carbonyl (C=O) groups is 2. The van der Waals surface area contributed by atoms with Gasteiger partial charge in [-0.15, -0.1) is 0 Å². The Labute approximate surface area is 216 Å². The van der Waals surface area contributed by atoms with Gasteiger partial charge in [-0.25, -0.2) is 4.79 Å². The molecule has 0 aliphatic heterocycles. The van der Waals surface area contributed by atoms with Crippen molar-refractivity contribution in [3.63, 3.8) is 0 Å². The van der Waals surface area contributed by atoms with Crippen molar-refractivity contribution in [1.29, 1.82) is 0 Å². The lowest BCUT2D eigenvalue weighted by molar-refractivity contribution is -0.142. The third kappa shape index (κ3) is 5.84. The number of methoxy groups -OCH3 is 3. The molecule has 0 aliphatic carbocycles. The van der Waals surface area contributed by atoms with Crippen molar-refractivity contribution in [2.75, 3.05) is 21.3 Å². The first kappa shape index (κ1) is 25.9. The highest BCUT2D eigenvalue weighted by Gasteiger charge is 2.25. The number of benzene rings is 3. The summed E-state index contributed by atoms with van der Waals surface area (Å²) >= 11 is 15.7. The van der Waals surface area contributed by atoms with Crippen LogP contribution in [0.15, 0.2) is 59.1 Å². The second kappa shape index (κ2) is 11.6. The molecule has 3 aromatic rings. The van der Waals surface area contributed by atoms with Gasteiger partial charge in [-0.3, -0.25) is 4.79 Å². The molecule has 3 aromatic carbocycles. The van der Waals surface area contributed by atoms with Crippen LogP contribution in [0.25, 0.3) is 11.1 Å². The van der Waals surface area contributed by atoms with E-state index in [0.29, 0.717) is 16.0 Å². The molecule has 1 amide bonds. The van der Waals surface area contributed by atoms with E-state index in [0.717, 1.165) is 16.7 Å². The van der Waals surface area contributed by atoms with Crippen molar-refractivity contribution < 1.29 is 23.8 Å². The van der Waals surface area contributed by atoms with Crippen LogP contribution in [0.5, 0.6) is 11.5 Å². The molecule has 0 fully saturated rings. The molecule has 1 N–H and O–H groups in total. The monoisotopic (exact) mass is 565 g/mol. The smallest absolute Gasteiger partial charge is 0.328 e. The molecule has 0 aromatic heterocycles. The Balaban J connectivity index is 1.85. The van der Waals surface area contributed by atoms with Crippen molar-refractivity contribution in [3.8, 4) is 22.6 Å². The summed E-state index contributed by atoms with van der Waals surface area (Å²) in [5.41, 5.74) is 2.59. The minimum Gasteiger partial charge on any atom is -0.496 e. The normalized spacial score (nSPS) is 11.5. The van der Waals surface area contributed by atoms with Gasteiger partial charge in [0.1, 0.15) is 17.5 Å². The predicted molar refractivity (Wildman–Crippen MR) is 136 cm³/mol. The van der Waals surface area contributed by atoms with Crippen LogP contribution in [0.4, 0.5) is 0 Å². The summed E-state index contributed by atoms with van der Waals surface area (Å²) in [6, 6.07) is 15.2. The lowest BCUT2D eigenvalue weighted by Gasteiger charge is -2.18. The summed E-state index contributed by atoms with van der Waals surface area (Å²) in [4.78, 5) is 25.3. The Kier molecular flexibility index (Phi) is 8.83. The molecule has 3 rings (SSSR count). The second-order valence-corrected chi connectivity index (χ2v) is 8.96. The first-order valence-corrected chi connectivity index (χ1v) is 11.7. The summed E-state index contributed by atoms with van der Waals surface area (Å²) in [5.74, 6) is 0.187. The van der Waals surface area contributed by atoms with Crippen LogP contribution in [0.3, 0.4) is 0 Å². The first-order valence-electron chi connectivity index (χ1n) is 10.1. The highest BCUT2D eigenvalue weighted by Crippen LogP contribution is 2.38. The number of nitrogens with one attached hydrogen (secondary N) is 1. The Morgan fingerprint density at radius 3 is 2.00 bits per heavy atom. The van der Waals surface area contributed by atoms with E-state index in [1.165, 1.54) is 7.11 Å². The number of rotatable bonds is 8. The van der Waals surface area contributed by atoms with E-state index in [-0.39, 0.29) is 22.0 Å². The van der Waals surface area contributed by atoms with Gasteiger partial charge in [-0.1, -0.05) is 69.5 Å². The maximum Gasteiger partial charge on any atom is 0.328 e. The maximum absolute atomic E-state index is 12.9. The molecule has 0 spiro atoms. The summed E-state index contributed by atoms with van der Waals surface area (Å²) in [6.45, 7) is 0. The minimum atomic E-state index is -0.945. The summed E-state index contributed by atoms with van der Waals surface area (Å²) in [5, 5.41) is 3.00. The molecule has 6 nitrogen and oxygen atoms in total. The zero-order valence-corrected chi connectivity index (χ0v) is 21.8. The van der Waals surface area contributed by atoms with Crippen LogP contribution in [0.1, 0.15) is 15.9 Å². The fourth-order valence-electron chi connectivity index (χ4n) is 3.50.